The highest BCUT2D eigenvalue weighted by molar-refractivity contribution is 8.00. The number of nitrogens with zero attached hydrogens (tertiary/aromatic N) is 1. The highest BCUT2D eigenvalue weighted by Gasteiger charge is 2.22. The third-order valence-electron chi connectivity index (χ3n) is 4.57. The third kappa shape index (κ3) is 3.62. The monoisotopic (exact) mass is 389 g/mol. The fourth-order valence-electron chi connectivity index (χ4n) is 3.31. The second kappa shape index (κ2) is 7.19. The Balaban J connectivity index is 1.54. The van der Waals surface area contributed by atoms with E-state index in [1.54, 1.807) is 23.1 Å². The zero-order valence-corrected chi connectivity index (χ0v) is 15.2. The van der Waals surface area contributed by atoms with Gasteiger partial charge in [0.05, 0.1) is 11.4 Å². The van der Waals surface area contributed by atoms with Crippen LogP contribution in [0.5, 0.6) is 0 Å². The third-order valence-corrected chi connectivity index (χ3v) is 5.65. The number of carbonyl (C=O) groups excluding carboxylic acids is 2. The molecular formula is C19H17F2N3O2S. The van der Waals surface area contributed by atoms with Crippen molar-refractivity contribution in [2.24, 2.45) is 0 Å². The van der Waals surface area contributed by atoms with E-state index >= 15 is 0 Å². The number of halogens is 2. The molecule has 0 unspecified atom stereocenters. The van der Waals surface area contributed by atoms with Crippen LogP contribution in [0.2, 0.25) is 0 Å². The highest BCUT2D eigenvalue weighted by Crippen LogP contribution is 2.33. The summed E-state index contributed by atoms with van der Waals surface area (Å²) in [7, 11) is 0. The van der Waals surface area contributed by atoms with Gasteiger partial charge in [-0.3, -0.25) is 9.59 Å². The van der Waals surface area contributed by atoms with Gasteiger partial charge in [-0.1, -0.05) is 0 Å². The van der Waals surface area contributed by atoms with Crippen LogP contribution in [0, 0.1) is 11.6 Å². The van der Waals surface area contributed by atoms with Gasteiger partial charge >= 0.3 is 0 Å². The van der Waals surface area contributed by atoms with Crippen LogP contribution >= 0.6 is 11.8 Å². The van der Waals surface area contributed by atoms with Crippen molar-refractivity contribution in [1.29, 1.82) is 0 Å². The molecule has 140 valence electrons. The van der Waals surface area contributed by atoms with Crippen molar-refractivity contribution in [2.45, 2.75) is 17.7 Å². The van der Waals surface area contributed by atoms with Crippen LogP contribution in [0.3, 0.4) is 0 Å². The molecule has 5 nitrogen and oxygen atoms in total. The van der Waals surface area contributed by atoms with Crippen LogP contribution in [-0.2, 0) is 4.79 Å². The van der Waals surface area contributed by atoms with Gasteiger partial charge in [0, 0.05) is 29.2 Å². The molecule has 0 aliphatic carbocycles. The van der Waals surface area contributed by atoms with Crippen LogP contribution in [-0.4, -0.2) is 30.7 Å². The fraction of sp³-hybridized carbons (Fsp3) is 0.263. The summed E-state index contributed by atoms with van der Waals surface area (Å²) >= 11 is 1.39. The molecule has 0 bridgehead atoms. The van der Waals surface area contributed by atoms with Crippen molar-refractivity contribution in [3.8, 4) is 0 Å². The number of thioether (sulfide) groups is 1. The summed E-state index contributed by atoms with van der Waals surface area (Å²) in [6, 6.07) is 7.17. The number of fused-ring (bicyclic) bond motifs is 1. The van der Waals surface area contributed by atoms with Crippen molar-refractivity contribution in [1.82, 2.24) is 0 Å². The molecule has 0 spiro atoms. The van der Waals surface area contributed by atoms with Gasteiger partial charge in [-0.15, -0.1) is 11.8 Å². The Morgan fingerprint density at radius 1 is 1.11 bits per heavy atom. The van der Waals surface area contributed by atoms with E-state index in [0.29, 0.717) is 30.1 Å². The molecule has 0 atom stereocenters. The standard InChI is InChI=1S/C19H17F2N3O2S/c20-13-8-12(9-14(21)18(13)24-5-1-2-6-24)22-19(26)11-3-4-16-15(7-11)23-17(25)10-27-16/h3-4,7-9H,1-2,5-6,10H2,(H,22,26)(H,23,25). The number of rotatable bonds is 3. The zero-order chi connectivity index (χ0) is 19.0. The van der Waals surface area contributed by atoms with E-state index in [1.165, 1.54) is 11.8 Å². The van der Waals surface area contributed by atoms with Gasteiger partial charge in [-0.2, -0.15) is 0 Å². The van der Waals surface area contributed by atoms with Gasteiger partial charge < -0.3 is 15.5 Å². The van der Waals surface area contributed by atoms with E-state index in [1.807, 2.05) is 0 Å². The normalized spacial score (nSPS) is 16.1. The summed E-state index contributed by atoms with van der Waals surface area (Å²) in [5.41, 5.74) is 0.861. The quantitative estimate of drug-likeness (QED) is 0.837. The maximum absolute atomic E-state index is 14.4. The summed E-state index contributed by atoms with van der Waals surface area (Å²) in [6.45, 7) is 1.25. The van der Waals surface area contributed by atoms with Gasteiger partial charge in [0.1, 0.15) is 5.69 Å². The summed E-state index contributed by atoms with van der Waals surface area (Å²) in [6.07, 6.45) is 1.81. The van der Waals surface area contributed by atoms with Crippen LogP contribution in [0.25, 0.3) is 0 Å². The van der Waals surface area contributed by atoms with Gasteiger partial charge in [-0.25, -0.2) is 8.78 Å². The first kappa shape index (κ1) is 17.8. The number of anilines is 3. The Bertz CT molecular complexity index is 906. The molecule has 0 saturated carbocycles. The van der Waals surface area contributed by atoms with E-state index < -0.39 is 17.5 Å². The highest BCUT2D eigenvalue weighted by atomic mass is 32.2. The number of carbonyl (C=O) groups is 2. The molecule has 27 heavy (non-hydrogen) atoms. The minimum absolute atomic E-state index is 0.0426. The van der Waals surface area contributed by atoms with E-state index in [0.717, 1.165) is 29.9 Å². The Morgan fingerprint density at radius 2 is 1.81 bits per heavy atom. The van der Waals surface area contributed by atoms with Crippen molar-refractivity contribution in [3.63, 3.8) is 0 Å². The molecule has 1 saturated heterocycles. The van der Waals surface area contributed by atoms with E-state index in [4.69, 9.17) is 0 Å². The summed E-state index contributed by atoms with van der Waals surface area (Å²) in [4.78, 5) is 26.5. The van der Waals surface area contributed by atoms with Crippen molar-refractivity contribution >= 4 is 40.6 Å². The van der Waals surface area contributed by atoms with Crippen LogP contribution < -0.4 is 15.5 Å². The largest absolute Gasteiger partial charge is 0.367 e. The minimum atomic E-state index is -0.693. The SMILES string of the molecule is O=C1CSc2ccc(C(=O)Nc3cc(F)c(N4CCCC4)c(F)c3)cc2N1. The van der Waals surface area contributed by atoms with E-state index in [-0.39, 0.29) is 17.3 Å². The summed E-state index contributed by atoms with van der Waals surface area (Å²) < 4.78 is 28.8. The predicted molar refractivity (Wildman–Crippen MR) is 102 cm³/mol. The first-order chi connectivity index (χ1) is 13.0. The Hall–Kier alpha value is -2.61. The molecule has 0 aromatic heterocycles. The molecule has 8 heteroatoms. The lowest BCUT2D eigenvalue weighted by atomic mass is 10.1. The Kier molecular flexibility index (Phi) is 4.73. The van der Waals surface area contributed by atoms with Crippen LogP contribution in [0.1, 0.15) is 23.2 Å². The van der Waals surface area contributed by atoms with Gasteiger partial charge in [-0.05, 0) is 43.2 Å². The van der Waals surface area contributed by atoms with E-state index in [9.17, 15) is 18.4 Å². The zero-order valence-electron chi connectivity index (χ0n) is 14.4. The summed E-state index contributed by atoms with van der Waals surface area (Å²) in [5.74, 6) is -1.69. The number of hydrogen-bond acceptors (Lipinski definition) is 4. The maximum atomic E-state index is 14.4. The molecule has 0 radical (unpaired) electrons. The fourth-order valence-corrected chi connectivity index (χ4v) is 4.10. The second-order valence-corrected chi connectivity index (χ2v) is 7.50. The molecule has 1 fully saturated rings. The summed E-state index contributed by atoms with van der Waals surface area (Å²) in [5, 5.41) is 5.23. The Labute approximate surface area is 159 Å². The lowest BCUT2D eigenvalue weighted by Gasteiger charge is -2.20. The Morgan fingerprint density at radius 3 is 2.52 bits per heavy atom. The first-order valence-corrected chi connectivity index (χ1v) is 9.62. The molecule has 2 aromatic rings. The molecule has 2 aliphatic heterocycles. The van der Waals surface area contributed by atoms with Crippen molar-refractivity contribution in [2.75, 3.05) is 34.4 Å². The first-order valence-electron chi connectivity index (χ1n) is 8.63. The van der Waals surface area contributed by atoms with Gasteiger partial charge in [0.25, 0.3) is 5.91 Å². The number of benzene rings is 2. The second-order valence-electron chi connectivity index (χ2n) is 6.48. The number of amides is 2. The van der Waals surface area contributed by atoms with Crippen LogP contribution in [0.15, 0.2) is 35.2 Å². The van der Waals surface area contributed by atoms with Crippen LogP contribution in [0.4, 0.5) is 25.8 Å². The molecule has 2 heterocycles. The number of hydrogen-bond donors (Lipinski definition) is 2. The molecule has 2 N–H and O–H groups in total. The minimum Gasteiger partial charge on any atom is -0.367 e. The smallest absolute Gasteiger partial charge is 0.255 e. The maximum Gasteiger partial charge on any atom is 0.255 e. The predicted octanol–water partition coefficient (Wildman–Crippen LogP) is 3.86. The topological polar surface area (TPSA) is 61.4 Å². The average Bonchev–Trinajstić information content (AvgIpc) is 3.14. The van der Waals surface area contributed by atoms with Crippen molar-refractivity contribution < 1.29 is 18.4 Å². The molecule has 2 aromatic carbocycles. The average molecular weight is 389 g/mol. The molecule has 2 aliphatic rings. The lowest BCUT2D eigenvalue weighted by Crippen LogP contribution is -2.21. The van der Waals surface area contributed by atoms with Crippen molar-refractivity contribution in [3.05, 3.63) is 47.5 Å². The van der Waals surface area contributed by atoms with Gasteiger partial charge in [0.15, 0.2) is 11.6 Å². The lowest BCUT2D eigenvalue weighted by molar-refractivity contribution is -0.113. The van der Waals surface area contributed by atoms with Gasteiger partial charge in [0.2, 0.25) is 5.91 Å². The molecule has 4 rings (SSSR count). The number of nitrogens with one attached hydrogen (secondary N) is 2. The van der Waals surface area contributed by atoms with E-state index in [2.05, 4.69) is 10.6 Å². The molecule has 2 amide bonds. The molecular weight excluding hydrogens is 372 g/mol.